The van der Waals surface area contributed by atoms with Crippen LogP contribution in [0.2, 0.25) is 0 Å². The van der Waals surface area contributed by atoms with E-state index in [1.165, 1.54) is 11.3 Å². The van der Waals surface area contributed by atoms with E-state index >= 15 is 0 Å². The zero-order valence-electron chi connectivity index (χ0n) is 15.8. The van der Waals surface area contributed by atoms with E-state index in [9.17, 15) is 4.79 Å². The van der Waals surface area contributed by atoms with Crippen LogP contribution in [0.3, 0.4) is 0 Å². The van der Waals surface area contributed by atoms with Crippen molar-refractivity contribution in [3.05, 3.63) is 82.1 Å². The lowest BCUT2D eigenvalue weighted by Gasteiger charge is -2.22. The lowest BCUT2D eigenvalue weighted by Crippen LogP contribution is -2.31. The second-order valence-electron chi connectivity index (χ2n) is 6.29. The predicted octanol–water partition coefficient (Wildman–Crippen LogP) is 5.05. The van der Waals surface area contributed by atoms with Crippen molar-refractivity contribution in [3.63, 3.8) is 0 Å². The van der Waals surface area contributed by atoms with Gasteiger partial charge in [0.1, 0.15) is 10.8 Å². The van der Waals surface area contributed by atoms with Crippen LogP contribution in [0.1, 0.15) is 10.6 Å². The van der Waals surface area contributed by atoms with Gasteiger partial charge < -0.3 is 9.64 Å². The standard InChI is InChI=1S/C22H19N3O2S2/c1-27-18-9-7-17(8-10-18)25(14-19-5-4-12-28-19)21(26)13-16-15-29-22(24-16)20-6-2-3-11-23-20/h2-12,15H,13-14H2,1H3. The Morgan fingerprint density at radius 3 is 2.62 bits per heavy atom. The molecule has 4 aromatic rings. The van der Waals surface area contributed by atoms with Crippen LogP contribution in [0.5, 0.6) is 5.75 Å². The predicted molar refractivity (Wildman–Crippen MR) is 118 cm³/mol. The molecule has 5 nitrogen and oxygen atoms in total. The van der Waals surface area contributed by atoms with Crippen molar-refractivity contribution >= 4 is 34.3 Å². The van der Waals surface area contributed by atoms with E-state index in [1.807, 2.05) is 65.4 Å². The number of thiophene rings is 1. The molecule has 1 aromatic carbocycles. The number of pyridine rings is 1. The third-order valence-corrected chi connectivity index (χ3v) is 6.12. The highest BCUT2D eigenvalue weighted by atomic mass is 32.1. The molecule has 146 valence electrons. The molecule has 29 heavy (non-hydrogen) atoms. The van der Waals surface area contributed by atoms with Gasteiger partial charge >= 0.3 is 0 Å². The molecule has 4 rings (SSSR count). The van der Waals surface area contributed by atoms with Gasteiger partial charge in [-0.1, -0.05) is 12.1 Å². The maximum absolute atomic E-state index is 13.2. The van der Waals surface area contributed by atoms with Crippen LogP contribution >= 0.6 is 22.7 Å². The average Bonchev–Trinajstić information content (AvgIpc) is 3.45. The summed E-state index contributed by atoms with van der Waals surface area (Å²) in [6.45, 7) is 0.528. The maximum atomic E-state index is 13.2. The molecule has 0 spiro atoms. The van der Waals surface area contributed by atoms with Crippen LogP contribution in [0.4, 0.5) is 5.69 Å². The van der Waals surface area contributed by atoms with E-state index in [1.54, 1.807) is 29.5 Å². The maximum Gasteiger partial charge on any atom is 0.233 e. The number of carbonyl (C=O) groups excluding carboxylic acids is 1. The van der Waals surface area contributed by atoms with Gasteiger partial charge in [0.15, 0.2) is 0 Å². The van der Waals surface area contributed by atoms with Crippen LogP contribution in [0.15, 0.2) is 71.6 Å². The van der Waals surface area contributed by atoms with Crippen molar-refractivity contribution in [1.82, 2.24) is 9.97 Å². The quantitative estimate of drug-likeness (QED) is 0.419. The number of amides is 1. The van der Waals surface area contributed by atoms with Crippen LogP contribution in [-0.4, -0.2) is 23.0 Å². The third-order valence-electron chi connectivity index (χ3n) is 4.35. The molecule has 1 amide bonds. The molecule has 0 aliphatic carbocycles. The van der Waals surface area contributed by atoms with Gasteiger partial charge in [-0.25, -0.2) is 4.98 Å². The van der Waals surface area contributed by atoms with E-state index in [4.69, 9.17) is 4.74 Å². The normalized spacial score (nSPS) is 10.7. The molecule has 7 heteroatoms. The van der Waals surface area contributed by atoms with Gasteiger partial charge in [-0.15, -0.1) is 22.7 Å². The van der Waals surface area contributed by atoms with E-state index in [2.05, 4.69) is 9.97 Å². The Bertz CT molecular complexity index is 1060. The molecule has 0 aliphatic heterocycles. The average molecular weight is 422 g/mol. The fraction of sp³-hybridized carbons (Fsp3) is 0.136. The molecule has 3 heterocycles. The number of methoxy groups -OCH3 is 1. The Hall–Kier alpha value is -3.03. The second-order valence-corrected chi connectivity index (χ2v) is 8.18. The number of ether oxygens (including phenoxy) is 1. The summed E-state index contributed by atoms with van der Waals surface area (Å²) in [6, 6.07) is 17.3. The zero-order chi connectivity index (χ0) is 20.1. The van der Waals surface area contributed by atoms with Gasteiger partial charge in [-0.3, -0.25) is 9.78 Å². The Labute approximate surface area is 177 Å². The molecular weight excluding hydrogens is 402 g/mol. The van der Waals surface area contributed by atoms with Gasteiger partial charge in [0.25, 0.3) is 0 Å². The number of hydrogen-bond acceptors (Lipinski definition) is 6. The van der Waals surface area contributed by atoms with Gasteiger partial charge in [-0.2, -0.15) is 0 Å². The van der Waals surface area contributed by atoms with Gasteiger partial charge in [0.2, 0.25) is 5.91 Å². The molecule has 3 aromatic heterocycles. The van der Waals surface area contributed by atoms with E-state index in [-0.39, 0.29) is 12.3 Å². The SMILES string of the molecule is COc1ccc(N(Cc2cccs2)C(=O)Cc2csc(-c3ccccn3)n2)cc1. The molecule has 0 fully saturated rings. The summed E-state index contributed by atoms with van der Waals surface area (Å²) in [4.78, 5) is 25.1. The lowest BCUT2D eigenvalue weighted by molar-refractivity contribution is -0.118. The second kappa shape index (κ2) is 8.98. The molecule has 0 saturated carbocycles. The summed E-state index contributed by atoms with van der Waals surface area (Å²) >= 11 is 3.14. The van der Waals surface area contributed by atoms with Crippen molar-refractivity contribution < 1.29 is 9.53 Å². The van der Waals surface area contributed by atoms with Crippen LogP contribution in [-0.2, 0) is 17.8 Å². The summed E-state index contributed by atoms with van der Waals surface area (Å²) in [5, 5.41) is 4.77. The highest BCUT2D eigenvalue weighted by Crippen LogP contribution is 2.25. The van der Waals surface area contributed by atoms with E-state index in [0.717, 1.165) is 32.7 Å². The summed E-state index contributed by atoms with van der Waals surface area (Å²) in [6.07, 6.45) is 1.98. The molecular formula is C22H19N3O2S2. The Morgan fingerprint density at radius 1 is 1.07 bits per heavy atom. The van der Waals surface area contributed by atoms with Crippen LogP contribution < -0.4 is 9.64 Å². The first-order chi connectivity index (χ1) is 14.2. The van der Waals surface area contributed by atoms with E-state index in [0.29, 0.717) is 6.54 Å². The lowest BCUT2D eigenvalue weighted by atomic mass is 10.2. The zero-order valence-corrected chi connectivity index (χ0v) is 17.5. The molecule has 0 saturated heterocycles. The Balaban J connectivity index is 1.55. The molecule has 0 atom stereocenters. The largest absolute Gasteiger partial charge is 0.497 e. The Kier molecular flexibility index (Phi) is 5.97. The van der Waals surface area contributed by atoms with Crippen molar-refractivity contribution in [2.75, 3.05) is 12.0 Å². The number of nitrogens with zero attached hydrogens (tertiary/aromatic N) is 3. The molecule has 0 N–H and O–H groups in total. The molecule has 0 radical (unpaired) electrons. The number of anilines is 1. The van der Waals surface area contributed by atoms with Crippen molar-refractivity contribution in [2.45, 2.75) is 13.0 Å². The topological polar surface area (TPSA) is 55.3 Å². The molecule has 0 aliphatic rings. The number of benzene rings is 1. The number of hydrogen-bond donors (Lipinski definition) is 0. The van der Waals surface area contributed by atoms with Gasteiger partial charge in [0.05, 0.1) is 31.5 Å². The summed E-state index contributed by atoms with van der Waals surface area (Å²) < 4.78 is 5.24. The number of thiazole rings is 1. The first-order valence-corrected chi connectivity index (χ1v) is 10.8. The van der Waals surface area contributed by atoms with Crippen LogP contribution in [0, 0.1) is 0 Å². The van der Waals surface area contributed by atoms with Crippen molar-refractivity contribution in [2.24, 2.45) is 0 Å². The number of carbonyl (C=O) groups is 1. The fourth-order valence-electron chi connectivity index (χ4n) is 2.89. The highest BCUT2D eigenvalue weighted by molar-refractivity contribution is 7.13. The van der Waals surface area contributed by atoms with Gasteiger partial charge in [-0.05, 0) is 47.8 Å². The number of rotatable bonds is 7. The van der Waals surface area contributed by atoms with Crippen molar-refractivity contribution in [3.8, 4) is 16.5 Å². The Morgan fingerprint density at radius 2 is 1.93 bits per heavy atom. The minimum absolute atomic E-state index is 0.00133. The monoisotopic (exact) mass is 421 g/mol. The molecule has 0 bridgehead atoms. The summed E-state index contributed by atoms with van der Waals surface area (Å²) in [7, 11) is 1.63. The molecule has 0 unspecified atom stereocenters. The van der Waals surface area contributed by atoms with Gasteiger partial charge in [0, 0.05) is 22.1 Å². The smallest absolute Gasteiger partial charge is 0.233 e. The minimum Gasteiger partial charge on any atom is -0.497 e. The highest BCUT2D eigenvalue weighted by Gasteiger charge is 2.19. The first-order valence-electron chi connectivity index (χ1n) is 9.05. The summed E-state index contributed by atoms with van der Waals surface area (Å²) in [5.74, 6) is 0.762. The van der Waals surface area contributed by atoms with Crippen LogP contribution in [0.25, 0.3) is 10.7 Å². The number of aromatic nitrogens is 2. The van der Waals surface area contributed by atoms with E-state index < -0.39 is 0 Å². The first kappa shape index (κ1) is 19.3. The van der Waals surface area contributed by atoms with Crippen molar-refractivity contribution in [1.29, 1.82) is 0 Å². The third kappa shape index (κ3) is 4.70. The fourth-order valence-corrected chi connectivity index (χ4v) is 4.38. The minimum atomic E-state index is 0.00133. The summed E-state index contributed by atoms with van der Waals surface area (Å²) in [5.41, 5.74) is 2.41.